The number of rotatable bonds is 2. The molecule has 0 aliphatic carbocycles. The third kappa shape index (κ3) is 2.62. The number of nitrogens with one attached hydrogen (secondary N) is 2. The zero-order chi connectivity index (χ0) is 18.5. The van der Waals surface area contributed by atoms with Gasteiger partial charge in [-0.25, -0.2) is 8.42 Å². The summed E-state index contributed by atoms with van der Waals surface area (Å²) in [4.78, 5) is 23.4. The van der Waals surface area contributed by atoms with E-state index >= 15 is 0 Å². The Bertz CT molecular complexity index is 1050. The SMILES string of the molecule is Cc1cccc2c1N(S(=O)(=O)c1ccc3c(c1)NC(=O)CC(=O)N3)CC2. The Kier molecular flexibility index (Phi) is 3.73. The molecule has 8 heteroatoms. The number of fused-ring (bicyclic) bond motifs is 2. The van der Waals surface area contributed by atoms with Gasteiger partial charge in [0.1, 0.15) is 6.42 Å². The Morgan fingerprint density at radius 1 is 1.00 bits per heavy atom. The van der Waals surface area contributed by atoms with E-state index in [2.05, 4.69) is 10.6 Å². The van der Waals surface area contributed by atoms with Crippen molar-refractivity contribution < 1.29 is 18.0 Å². The van der Waals surface area contributed by atoms with Crippen molar-refractivity contribution in [3.05, 3.63) is 47.5 Å². The van der Waals surface area contributed by atoms with Gasteiger partial charge in [-0.05, 0) is 42.7 Å². The first kappa shape index (κ1) is 16.6. The molecule has 2 aliphatic heterocycles. The number of amides is 2. The first-order valence-corrected chi connectivity index (χ1v) is 9.65. The van der Waals surface area contributed by atoms with Crippen molar-refractivity contribution in [1.29, 1.82) is 0 Å². The van der Waals surface area contributed by atoms with Crippen LogP contribution in [0.25, 0.3) is 0 Å². The molecule has 0 aromatic heterocycles. The molecule has 26 heavy (non-hydrogen) atoms. The summed E-state index contributed by atoms with van der Waals surface area (Å²) in [6, 6.07) is 10.1. The van der Waals surface area contributed by atoms with E-state index in [4.69, 9.17) is 0 Å². The molecular weight excluding hydrogens is 354 g/mol. The third-order valence-corrected chi connectivity index (χ3v) is 6.40. The Morgan fingerprint density at radius 2 is 1.73 bits per heavy atom. The predicted octanol–water partition coefficient (Wildman–Crippen LogP) is 2.03. The average molecular weight is 371 g/mol. The van der Waals surface area contributed by atoms with E-state index in [-0.39, 0.29) is 17.0 Å². The van der Waals surface area contributed by atoms with E-state index in [9.17, 15) is 18.0 Å². The minimum absolute atomic E-state index is 0.0730. The van der Waals surface area contributed by atoms with Gasteiger partial charge in [-0.3, -0.25) is 13.9 Å². The van der Waals surface area contributed by atoms with E-state index in [1.165, 1.54) is 22.5 Å². The van der Waals surface area contributed by atoms with Gasteiger partial charge in [0.25, 0.3) is 10.0 Å². The number of carbonyl (C=O) groups excluding carboxylic acids is 2. The van der Waals surface area contributed by atoms with Crippen LogP contribution in [0.4, 0.5) is 17.1 Å². The standard InChI is InChI=1S/C18H17N3O4S/c1-11-3-2-4-12-7-8-21(18(11)12)26(24,25)13-5-6-14-15(9-13)20-17(23)10-16(22)19-14/h2-6,9H,7-8,10H2,1H3,(H,19,22)(H,20,23). The fourth-order valence-corrected chi connectivity index (χ4v) is 5.01. The summed E-state index contributed by atoms with van der Waals surface area (Å²) in [6.07, 6.45) is 0.365. The molecule has 0 unspecified atom stereocenters. The summed E-state index contributed by atoms with van der Waals surface area (Å²) < 4.78 is 27.8. The average Bonchev–Trinajstić information content (AvgIpc) is 2.96. The highest BCUT2D eigenvalue weighted by molar-refractivity contribution is 7.92. The molecule has 2 aromatic carbocycles. The zero-order valence-corrected chi connectivity index (χ0v) is 14.9. The van der Waals surface area contributed by atoms with Crippen molar-refractivity contribution in [1.82, 2.24) is 0 Å². The summed E-state index contributed by atoms with van der Waals surface area (Å²) in [7, 11) is -3.78. The number of sulfonamides is 1. The molecule has 0 atom stereocenters. The Balaban J connectivity index is 1.77. The second-order valence-electron chi connectivity index (χ2n) is 6.39. The number of aryl methyl sites for hydroxylation is 1. The maximum Gasteiger partial charge on any atom is 0.264 e. The van der Waals surface area contributed by atoms with Gasteiger partial charge in [0.2, 0.25) is 11.8 Å². The van der Waals surface area contributed by atoms with Gasteiger partial charge in [-0.1, -0.05) is 18.2 Å². The largest absolute Gasteiger partial charge is 0.324 e. The lowest BCUT2D eigenvalue weighted by Crippen LogP contribution is -2.29. The molecule has 0 radical (unpaired) electrons. The van der Waals surface area contributed by atoms with Crippen LogP contribution in [0.1, 0.15) is 17.5 Å². The maximum absolute atomic E-state index is 13.2. The van der Waals surface area contributed by atoms with Crippen LogP contribution < -0.4 is 14.9 Å². The molecule has 2 aromatic rings. The van der Waals surface area contributed by atoms with Gasteiger partial charge in [0.15, 0.2) is 0 Å². The smallest absolute Gasteiger partial charge is 0.264 e. The van der Waals surface area contributed by atoms with Crippen LogP contribution in [-0.2, 0) is 26.0 Å². The number of hydrogen-bond donors (Lipinski definition) is 2. The summed E-state index contributed by atoms with van der Waals surface area (Å²) in [5.41, 5.74) is 3.30. The lowest BCUT2D eigenvalue weighted by molar-refractivity contribution is -0.123. The van der Waals surface area contributed by atoms with E-state index in [0.717, 1.165) is 16.8 Å². The molecule has 0 bridgehead atoms. The summed E-state index contributed by atoms with van der Waals surface area (Å²) in [5.74, 6) is -0.904. The molecule has 2 amide bonds. The van der Waals surface area contributed by atoms with Crippen LogP contribution in [0.5, 0.6) is 0 Å². The number of para-hydroxylation sites is 1. The Morgan fingerprint density at radius 3 is 2.50 bits per heavy atom. The minimum Gasteiger partial charge on any atom is -0.324 e. The molecule has 0 spiro atoms. The molecule has 0 fully saturated rings. The van der Waals surface area contributed by atoms with Gasteiger partial charge in [0, 0.05) is 6.54 Å². The number of nitrogens with zero attached hydrogens (tertiary/aromatic N) is 1. The molecule has 7 nitrogen and oxygen atoms in total. The predicted molar refractivity (Wildman–Crippen MR) is 97.7 cm³/mol. The van der Waals surface area contributed by atoms with Gasteiger partial charge in [-0.15, -0.1) is 0 Å². The van der Waals surface area contributed by atoms with Crippen LogP contribution in [-0.4, -0.2) is 26.8 Å². The molecule has 134 valence electrons. The van der Waals surface area contributed by atoms with Crippen molar-refractivity contribution in [2.24, 2.45) is 0 Å². The molecule has 0 saturated heterocycles. The van der Waals surface area contributed by atoms with Gasteiger partial charge in [-0.2, -0.15) is 0 Å². The van der Waals surface area contributed by atoms with Crippen LogP contribution >= 0.6 is 0 Å². The van der Waals surface area contributed by atoms with Crippen molar-refractivity contribution in [3.8, 4) is 0 Å². The Hall–Kier alpha value is -2.87. The number of carbonyl (C=O) groups is 2. The van der Waals surface area contributed by atoms with Gasteiger partial charge >= 0.3 is 0 Å². The van der Waals surface area contributed by atoms with Gasteiger partial charge in [0.05, 0.1) is 22.0 Å². The third-order valence-electron chi connectivity index (χ3n) is 4.60. The highest BCUT2D eigenvalue weighted by atomic mass is 32.2. The van der Waals surface area contributed by atoms with Crippen LogP contribution in [0, 0.1) is 6.92 Å². The quantitative estimate of drug-likeness (QED) is 0.790. The van der Waals surface area contributed by atoms with Crippen LogP contribution in [0.15, 0.2) is 41.3 Å². The fourth-order valence-electron chi connectivity index (χ4n) is 3.41. The van der Waals surface area contributed by atoms with Crippen molar-refractivity contribution in [3.63, 3.8) is 0 Å². The van der Waals surface area contributed by atoms with E-state index in [0.29, 0.717) is 18.7 Å². The Labute approximate surface area is 151 Å². The molecule has 4 rings (SSSR count). The summed E-state index contributed by atoms with van der Waals surface area (Å²) in [5, 5.41) is 5.18. The van der Waals surface area contributed by atoms with Gasteiger partial charge < -0.3 is 10.6 Å². The van der Waals surface area contributed by atoms with E-state index < -0.39 is 21.8 Å². The summed E-state index contributed by atoms with van der Waals surface area (Å²) in [6.45, 7) is 2.27. The van der Waals surface area contributed by atoms with Crippen LogP contribution in [0.3, 0.4) is 0 Å². The maximum atomic E-state index is 13.2. The first-order valence-electron chi connectivity index (χ1n) is 8.21. The highest BCUT2D eigenvalue weighted by Gasteiger charge is 2.32. The number of anilines is 3. The second-order valence-corrected chi connectivity index (χ2v) is 8.25. The fraction of sp³-hybridized carbons (Fsp3) is 0.222. The lowest BCUT2D eigenvalue weighted by Gasteiger charge is -2.22. The van der Waals surface area contributed by atoms with E-state index in [1.54, 1.807) is 0 Å². The second kappa shape index (κ2) is 5.84. The van der Waals surface area contributed by atoms with Crippen molar-refractivity contribution in [2.45, 2.75) is 24.7 Å². The zero-order valence-electron chi connectivity index (χ0n) is 14.1. The normalized spacial score (nSPS) is 16.4. The highest BCUT2D eigenvalue weighted by Crippen LogP contribution is 2.37. The van der Waals surface area contributed by atoms with E-state index in [1.807, 2.05) is 25.1 Å². The number of benzene rings is 2. The first-order chi connectivity index (χ1) is 12.4. The minimum atomic E-state index is -3.78. The van der Waals surface area contributed by atoms with Crippen molar-refractivity contribution in [2.75, 3.05) is 21.5 Å². The number of hydrogen-bond acceptors (Lipinski definition) is 4. The monoisotopic (exact) mass is 371 g/mol. The molecular formula is C18H17N3O4S. The molecule has 0 saturated carbocycles. The topological polar surface area (TPSA) is 95.6 Å². The summed E-state index contributed by atoms with van der Waals surface area (Å²) >= 11 is 0. The molecule has 2 N–H and O–H groups in total. The van der Waals surface area contributed by atoms with Crippen molar-refractivity contribution >= 4 is 38.9 Å². The molecule has 2 aliphatic rings. The molecule has 2 heterocycles. The van der Waals surface area contributed by atoms with Crippen LogP contribution in [0.2, 0.25) is 0 Å². The lowest BCUT2D eigenvalue weighted by atomic mass is 10.1.